The lowest BCUT2D eigenvalue weighted by Gasteiger charge is -2.09. The van der Waals surface area contributed by atoms with Crippen LogP contribution in [0.2, 0.25) is 10.0 Å². The first-order valence-corrected chi connectivity index (χ1v) is 7.74. The number of anilines is 1. The molecule has 0 aliphatic heterocycles. The van der Waals surface area contributed by atoms with Crippen LogP contribution >= 0.6 is 23.2 Å². The van der Waals surface area contributed by atoms with E-state index in [0.717, 1.165) is 12.1 Å². The second-order valence-electron chi connectivity index (χ2n) is 4.02. The van der Waals surface area contributed by atoms with E-state index in [0.29, 0.717) is 0 Å². The van der Waals surface area contributed by atoms with Gasteiger partial charge in [0.2, 0.25) is 0 Å². The second-order valence-corrected chi connectivity index (χ2v) is 6.57. The molecule has 0 heterocycles. The van der Waals surface area contributed by atoms with Gasteiger partial charge in [-0.25, -0.2) is 12.8 Å². The first-order chi connectivity index (χ1) is 9.81. The molecule has 2 rings (SSSR count). The highest BCUT2D eigenvalue weighted by molar-refractivity contribution is 7.92. The highest BCUT2D eigenvalue weighted by atomic mass is 35.5. The predicted molar refractivity (Wildman–Crippen MR) is 78.4 cm³/mol. The Labute approximate surface area is 130 Å². The minimum Gasteiger partial charge on any atom is -0.277 e. The summed E-state index contributed by atoms with van der Waals surface area (Å²) >= 11 is 11.5. The molecule has 4 nitrogen and oxygen atoms in total. The molecule has 2 aromatic carbocycles. The number of hydrogen-bond donors (Lipinski definition) is 1. The average Bonchev–Trinajstić information content (AvgIpc) is 2.40. The van der Waals surface area contributed by atoms with Crippen molar-refractivity contribution in [1.29, 1.82) is 5.26 Å². The molecule has 108 valence electrons. The molecule has 0 aliphatic rings. The Kier molecular flexibility index (Phi) is 4.37. The predicted octanol–water partition coefficient (Wildman–Crippen LogP) is 3.80. The number of hydrogen-bond acceptors (Lipinski definition) is 3. The lowest BCUT2D eigenvalue weighted by Crippen LogP contribution is -2.14. The molecule has 0 aliphatic carbocycles. The van der Waals surface area contributed by atoms with E-state index in [2.05, 4.69) is 4.72 Å². The number of nitrogens with one attached hydrogen (secondary N) is 1. The number of nitriles is 1. The molecule has 1 N–H and O–H groups in total. The van der Waals surface area contributed by atoms with Gasteiger partial charge in [-0.05, 0) is 36.4 Å². The van der Waals surface area contributed by atoms with E-state index < -0.39 is 15.8 Å². The lowest BCUT2D eigenvalue weighted by atomic mass is 10.2. The van der Waals surface area contributed by atoms with Crippen molar-refractivity contribution in [2.45, 2.75) is 4.90 Å². The van der Waals surface area contributed by atoms with Crippen molar-refractivity contribution in [1.82, 2.24) is 0 Å². The molecule has 0 atom stereocenters. The molecule has 0 radical (unpaired) electrons. The van der Waals surface area contributed by atoms with Crippen LogP contribution in [0.4, 0.5) is 10.1 Å². The maximum absolute atomic E-state index is 13.7. The van der Waals surface area contributed by atoms with E-state index in [1.54, 1.807) is 6.07 Å². The number of halogens is 3. The van der Waals surface area contributed by atoms with Crippen LogP contribution in [0.5, 0.6) is 0 Å². The lowest BCUT2D eigenvalue weighted by molar-refractivity contribution is 0.598. The van der Waals surface area contributed by atoms with E-state index in [-0.39, 0.29) is 26.2 Å². The Morgan fingerprint density at radius 1 is 1.10 bits per heavy atom. The third kappa shape index (κ3) is 3.64. The SMILES string of the molecule is N#Cc1ccc(NS(=O)(=O)c2cc(Cl)cc(Cl)c2)c(F)c1. The topological polar surface area (TPSA) is 70.0 Å². The Hall–Kier alpha value is -1.81. The van der Waals surface area contributed by atoms with Crippen LogP contribution in [0.1, 0.15) is 5.56 Å². The van der Waals surface area contributed by atoms with Crippen LogP contribution in [-0.4, -0.2) is 8.42 Å². The Morgan fingerprint density at radius 2 is 1.71 bits per heavy atom. The summed E-state index contributed by atoms with van der Waals surface area (Å²) in [7, 11) is -4.04. The average molecular weight is 345 g/mol. The summed E-state index contributed by atoms with van der Waals surface area (Å²) < 4.78 is 40.1. The summed E-state index contributed by atoms with van der Waals surface area (Å²) in [5.41, 5.74) is -0.189. The zero-order valence-corrected chi connectivity index (χ0v) is 12.6. The van der Waals surface area contributed by atoms with E-state index in [4.69, 9.17) is 28.5 Å². The van der Waals surface area contributed by atoms with E-state index in [1.165, 1.54) is 24.3 Å². The fraction of sp³-hybridized carbons (Fsp3) is 0. The first kappa shape index (κ1) is 15.6. The van der Waals surface area contributed by atoms with Gasteiger partial charge in [-0.15, -0.1) is 0 Å². The van der Waals surface area contributed by atoms with Gasteiger partial charge in [-0.2, -0.15) is 5.26 Å². The number of benzene rings is 2. The molecule has 0 unspecified atom stereocenters. The Bertz CT molecular complexity index is 827. The van der Waals surface area contributed by atoms with E-state index in [1.807, 2.05) is 0 Å². The molecular formula is C13H7Cl2FN2O2S. The first-order valence-electron chi connectivity index (χ1n) is 5.50. The number of nitrogens with zero attached hydrogens (tertiary/aromatic N) is 1. The minimum atomic E-state index is -4.04. The van der Waals surface area contributed by atoms with Crippen molar-refractivity contribution in [3.63, 3.8) is 0 Å². The molecular weight excluding hydrogens is 338 g/mol. The van der Waals surface area contributed by atoms with E-state index in [9.17, 15) is 12.8 Å². The van der Waals surface area contributed by atoms with Crippen LogP contribution in [0.15, 0.2) is 41.3 Å². The van der Waals surface area contributed by atoms with Crippen LogP contribution in [-0.2, 0) is 10.0 Å². The van der Waals surface area contributed by atoms with E-state index >= 15 is 0 Å². The molecule has 21 heavy (non-hydrogen) atoms. The zero-order valence-electron chi connectivity index (χ0n) is 10.3. The Balaban J connectivity index is 2.40. The van der Waals surface area contributed by atoms with Crippen LogP contribution in [0.3, 0.4) is 0 Å². The van der Waals surface area contributed by atoms with Gasteiger partial charge in [0.05, 0.1) is 22.2 Å². The summed E-state index contributed by atoms with van der Waals surface area (Å²) in [5.74, 6) is -0.856. The van der Waals surface area contributed by atoms with Crippen molar-refractivity contribution < 1.29 is 12.8 Å². The molecule has 0 saturated heterocycles. The third-order valence-electron chi connectivity index (χ3n) is 2.49. The highest BCUT2D eigenvalue weighted by Gasteiger charge is 2.17. The summed E-state index contributed by atoms with van der Waals surface area (Å²) in [6, 6.07) is 8.91. The quantitative estimate of drug-likeness (QED) is 0.920. The van der Waals surface area contributed by atoms with Crippen molar-refractivity contribution in [2.75, 3.05) is 4.72 Å². The Morgan fingerprint density at radius 3 is 2.24 bits per heavy atom. The van der Waals surface area contributed by atoms with Gasteiger partial charge in [0.25, 0.3) is 10.0 Å². The number of sulfonamides is 1. The molecule has 8 heteroatoms. The number of rotatable bonds is 3. The van der Waals surface area contributed by atoms with Gasteiger partial charge in [0.15, 0.2) is 0 Å². The fourth-order valence-electron chi connectivity index (χ4n) is 1.55. The van der Waals surface area contributed by atoms with Crippen molar-refractivity contribution in [3.8, 4) is 6.07 Å². The summed E-state index contributed by atoms with van der Waals surface area (Å²) in [5, 5.41) is 8.92. The normalized spacial score (nSPS) is 11.0. The molecule has 0 aromatic heterocycles. The third-order valence-corrected chi connectivity index (χ3v) is 4.27. The van der Waals surface area contributed by atoms with Crippen molar-refractivity contribution in [3.05, 3.63) is 57.8 Å². The van der Waals surface area contributed by atoms with Gasteiger partial charge in [-0.3, -0.25) is 4.72 Å². The monoisotopic (exact) mass is 344 g/mol. The standard InChI is InChI=1S/C13H7Cl2FN2O2S/c14-9-4-10(15)6-11(5-9)21(19,20)18-13-2-1-8(7-17)3-12(13)16/h1-6,18H. The molecule has 0 saturated carbocycles. The molecule has 0 amide bonds. The van der Waals surface area contributed by atoms with Gasteiger partial charge < -0.3 is 0 Å². The molecule has 0 spiro atoms. The van der Waals surface area contributed by atoms with Crippen molar-refractivity contribution >= 4 is 38.9 Å². The summed E-state index contributed by atoms with van der Waals surface area (Å²) in [6.07, 6.45) is 0. The maximum atomic E-state index is 13.7. The summed E-state index contributed by atoms with van der Waals surface area (Å²) in [6.45, 7) is 0. The van der Waals surface area contributed by atoms with Gasteiger partial charge >= 0.3 is 0 Å². The highest BCUT2D eigenvalue weighted by Crippen LogP contribution is 2.25. The van der Waals surface area contributed by atoms with Crippen LogP contribution in [0, 0.1) is 17.1 Å². The molecule has 0 fully saturated rings. The van der Waals surface area contributed by atoms with Crippen LogP contribution < -0.4 is 4.72 Å². The largest absolute Gasteiger partial charge is 0.277 e. The smallest absolute Gasteiger partial charge is 0.262 e. The van der Waals surface area contributed by atoms with Gasteiger partial charge in [0.1, 0.15) is 5.82 Å². The minimum absolute atomic E-state index is 0.0845. The maximum Gasteiger partial charge on any atom is 0.262 e. The molecule has 2 aromatic rings. The molecule has 0 bridgehead atoms. The fourth-order valence-corrected chi connectivity index (χ4v) is 3.35. The van der Waals surface area contributed by atoms with Crippen LogP contribution in [0.25, 0.3) is 0 Å². The zero-order chi connectivity index (χ0) is 15.6. The van der Waals surface area contributed by atoms with Crippen molar-refractivity contribution in [2.24, 2.45) is 0 Å². The second kappa shape index (κ2) is 5.90. The van der Waals surface area contributed by atoms with Gasteiger partial charge in [0, 0.05) is 10.0 Å². The summed E-state index contributed by atoms with van der Waals surface area (Å²) in [4.78, 5) is -0.191. The van der Waals surface area contributed by atoms with Gasteiger partial charge in [-0.1, -0.05) is 23.2 Å².